The molecule has 0 aliphatic rings. The first kappa shape index (κ1) is 24.5. The zero-order valence-corrected chi connectivity index (χ0v) is 19.8. The molecule has 2 aromatic rings. The summed E-state index contributed by atoms with van der Waals surface area (Å²) in [6, 6.07) is 13.8. The third-order valence-corrected chi connectivity index (χ3v) is 6.26. The number of anilines is 2. The molecule has 8 heteroatoms. The van der Waals surface area contributed by atoms with Crippen LogP contribution >= 0.6 is 0 Å². The third-order valence-electron chi connectivity index (χ3n) is 5.02. The van der Waals surface area contributed by atoms with Crippen molar-refractivity contribution in [1.82, 2.24) is 5.32 Å². The van der Waals surface area contributed by atoms with Gasteiger partial charge in [0.05, 0.1) is 18.6 Å². The Morgan fingerprint density at radius 3 is 2.00 bits per heavy atom. The van der Waals surface area contributed by atoms with E-state index in [9.17, 15) is 13.2 Å². The Morgan fingerprint density at radius 2 is 1.52 bits per heavy atom. The number of hydrogen-bond donors (Lipinski definition) is 1. The Morgan fingerprint density at radius 1 is 0.968 bits per heavy atom. The van der Waals surface area contributed by atoms with Crippen LogP contribution in [-0.2, 0) is 21.4 Å². The van der Waals surface area contributed by atoms with E-state index in [0.717, 1.165) is 34.9 Å². The fourth-order valence-electron chi connectivity index (χ4n) is 3.42. The molecule has 2 rings (SSSR count). The maximum absolute atomic E-state index is 12.8. The van der Waals surface area contributed by atoms with Gasteiger partial charge in [0.2, 0.25) is 15.9 Å². The third kappa shape index (κ3) is 6.62. The van der Waals surface area contributed by atoms with Crippen LogP contribution in [0.2, 0.25) is 0 Å². The van der Waals surface area contributed by atoms with Gasteiger partial charge in [-0.15, -0.1) is 0 Å². The lowest BCUT2D eigenvalue weighted by Gasteiger charge is -2.28. The van der Waals surface area contributed by atoms with E-state index in [-0.39, 0.29) is 5.91 Å². The summed E-state index contributed by atoms with van der Waals surface area (Å²) in [5.41, 5.74) is 2.49. The molecular formula is C23H33N3O4S. The molecule has 0 saturated heterocycles. The van der Waals surface area contributed by atoms with Gasteiger partial charge in [0.1, 0.15) is 11.8 Å². The van der Waals surface area contributed by atoms with Crippen molar-refractivity contribution in [2.45, 2.75) is 40.3 Å². The van der Waals surface area contributed by atoms with E-state index < -0.39 is 16.1 Å². The summed E-state index contributed by atoms with van der Waals surface area (Å²) < 4.78 is 31.4. The molecule has 170 valence electrons. The largest absolute Gasteiger partial charge is 0.494 e. The summed E-state index contributed by atoms with van der Waals surface area (Å²) in [6.45, 7) is 10.4. The van der Waals surface area contributed by atoms with Crippen LogP contribution in [0.15, 0.2) is 48.5 Å². The van der Waals surface area contributed by atoms with E-state index in [1.54, 1.807) is 31.2 Å². The molecule has 0 unspecified atom stereocenters. The lowest BCUT2D eigenvalue weighted by Crippen LogP contribution is -2.47. The van der Waals surface area contributed by atoms with Gasteiger partial charge < -0.3 is 15.0 Å². The molecule has 0 fully saturated rings. The molecule has 0 saturated carbocycles. The van der Waals surface area contributed by atoms with E-state index in [4.69, 9.17) is 4.74 Å². The molecule has 0 spiro atoms. The molecule has 1 N–H and O–H groups in total. The molecule has 0 aromatic heterocycles. The van der Waals surface area contributed by atoms with Crippen LogP contribution in [0.5, 0.6) is 5.75 Å². The maximum Gasteiger partial charge on any atom is 0.243 e. The van der Waals surface area contributed by atoms with E-state index in [1.807, 2.05) is 31.2 Å². The number of benzene rings is 2. The van der Waals surface area contributed by atoms with Crippen LogP contribution < -0.4 is 19.3 Å². The van der Waals surface area contributed by atoms with Gasteiger partial charge in [-0.2, -0.15) is 0 Å². The second-order valence-corrected chi connectivity index (χ2v) is 9.08. The number of amides is 1. The summed E-state index contributed by atoms with van der Waals surface area (Å²) in [7, 11) is -3.67. The first-order valence-corrected chi connectivity index (χ1v) is 12.4. The van der Waals surface area contributed by atoms with Gasteiger partial charge in [-0.1, -0.05) is 12.1 Å². The summed E-state index contributed by atoms with van der Waals surface area (Å²) in [4.78, 5) is 15.0. The zero-order chi connectivity index (χ0) is 23.0. The van der Waals surface area contributed by atoms with Crippen molar-refractivity contribution in [3.63, 3.8) is 0 Å². The van der Waals surface area contributed by atoms with E-state index >= 15 is 0 Å². The molecule has 31 heavy (non-hydrogen) atoms. The molecule has 0 bridgehead atoms. The first-order valence-electron chi connectivity index (χ1n) is 10.5. The van der Waals surface area contributed by atoms with Crippen LogP contribution in [0.4, 0.5) is 11.4 Å². The zero-order valence-electron chi connectivity index (χ0n) is 19.0. The number of ether oxygens (including phenoxy) is 1. The molecule has 0 heterocycles. The average Bonchev–Trinajstić information content (AvgIpc) is 2.74. The van der Waals surface area contributed by atoms with Crippen molar-refractivity contribution in [3.05, 3.63) is 54.1 Å². The summed E-state index contributed by atoms with van der Waals surface area (Å²) in [6.07, 6.45) is 1.10. The standard InChI is InChI=1S/C23H33N3O4S/c1-6-25(7-2)20-11-9-19(10-12-20)17-24-23(27)18(4)26(31(5,28)29)21-13-15-22(16-14-21)30-8-3/h9-16,18H,6-8,17H2,1-5H3,(H,24,27)/t18-/m0/s1. The highest BCUT2D eigenvalue weighted by molar-refractivity contribution is 7.92. The van der Waals surface area contributed by atoms with Gasteiger partial charge in [-0.25, -0.2) is 8.42 Å². The van der Waals surface area contributed by atoms with Gasteiger partial charge in [-0.05, 0) is 69.7 Å². The number of nitrogens with one attached hydrogen (secondary N) is 1. The minimum absolute atomic E-state index is 0.322. The first-order chi connectivity index (χ1) is 14.7. The summed E-state index contributed by atoms with van der Waals surface area (Å²) in [5, 5.41) is 2.85. The Kier molecular flexibility index (Phi) is 8.74. The van der Waals surface area contributed by atoms with Crippen molar-refractivity contribution in [3.8, 4) is 5.75 Å². The SMILES string of the molecule is CCOc1ccc(N([C@@H](C)C(=O)NCc2ccc(N(CC)CC)cc2)S(C)(=O)=O)cc1. The lowest BCUT2D eigenvalue weighted by atomic mass is 10.2. The van der Waals surface area contributed by atoms with Gasteiger partial charge in [0.25, 0.3) is 0 Å². The van der Waals surface area contributed by atoms with Crippen molar-refractivity contribution in [1.29, 1.82) is 0 Å². The van der Waals surface area contributed by atoms with E-state index in [1.165, 1.54) is 0 Å². The lowest BCUT2D eigenvalue weighted by molar-refractivity contribution is -0.122. The number of rotatable bonds is 11. The second kappa shape index (κ2) is 11.0. The van der Waals surface area contributed by atoms with Crippen molar-refractivity contribution in [2.24, 2.45) is 0 Å². The Labute approximate surface area is 186 Å². The molecule has 0 radical (unpaired) electrons. The highest BCUT2D eigenvalue weighted by Gasteiger charge is 2.29. The maximum atomic E-state index is 12.8. The molecule has 1 amide bonds. The Balaban J connectivity index is 2.09. The number of hydrogen-bond acceptors (Lipinski definition) is 5. The second-order valence-electron chi connectivity index (χ2n) is 7.22. The van der Waals surface area contributed by atoms with Crippen LogP contribution in [0.3, 0.4) is 0 Å². The van der Waals surface area contributed by atoms with Crippen molar-refractivity contribution in [2.75, 3.05) is 35.2 Å². The van der Waals surface area contributed by atoms with Crippen molar-refractivity contribution < 1.29 is 17.9 Å². The highest BCUT2D eigenvalue weighted by atomic mass is 32.2. The monoisotopic (exact) mass is 447 g/mol. The predicted octanol–water partition coefficient (Wildman–Crippen LogP) is 3.40. The molecular weight excluding hydrogens is 414 g/mol. The van der Waals surface area contributed by atoms with E-state index in [0.29, 0.717) is 24.6 Å². The normalized spacial score (nSPS) is 12.2. The smallest absolute Gasteiger partial charge is 0.243 e. The molecule has 7 nitrogen and oxygen atoms in total. The number of sulfonamides is 1. The fraction of sp³-hybridized carbons (Fsp3) is 0.435. The summed E-state index contributed by atoms with van der Waals surface area (Å²) in [5.74, 6) is 0.275. The minimum Gasteiger partial charge on any atom is -0.494 e. The van der Waals surface area contributed by atoms with Crippen LogP contribution in [-0.4, -0.2) is 46.3 Å². The molecule has 0 aliphatic carbocycles. The number of carbonyl (C=O) groups is 1. The van der Waals surface area contributed by atoms with Gasteiger partial charge >= 0.3 is 0 Å². The molecule has 1 atom stereocenters. The predicted molar refractivity (Wildman–Crippen MR) is 126 cm³/mol. The number of nitrogens with zero attached hydrogens (tertiary/aromatic N) is 2. The van der Waals surface area contributed by atoms with Gasteiger partial charge in [0.15, 0.2) is 0 Å². The Bertz CT molecular complexity index is 940. The van der Waals surface area contributed by atoms with E-state index in [2.05, 4.69) is 24.1 Å². The summed E-state index contributed by atoms with van der Waals surface area (Å²) >= 11 is 0. The number of carbonyl (C=O) groups excluding carboxylic acids is 1. The average molecular weight is 448 g/mol. The van der Waals surface area contributed by atoms with Gasteiger partial charge in [-0.3, -0.25) is 9.10 Å². The molecule has 0 aliphatic heterocycles. The highest BCUT2D eigenvalue weighted by Crippen LogP contribution is 2.24. The van der Waals surface area contributed by atoms with Crippen LogP contribution in [0.25, 0.3) is 0 Å². The van der Waals surface area contributed by atoms with Crippen molar-refractivity contribution >= 4 is 27.3 Å². The Hall–Kier alpha value is -2.74. The fourth-order valence-corrected chi connectivity index (χ4v) is 4.59. The van der Waals surface area contributed by atoms with Crippen LogP contribution in [0.1, 0.15) is 33.3 Å². The van der Waals surface area contributed by atoms with Gasteiger partial charge in [0, 0.05) is 25.3 Å². The minimum atomic E-state index is -3.67. The molecule has 2 aromatic carbocycles. The quantitative estimate of drug-likeness (QED) is 0.571. The topological polar surface area (TPSA) is 79.0 Å². The van der Waals surface area contributed by atoms with Crippen LogP contribution in [0, 0.1) is 0 Å².